The fraction of sp³-hybridized carbons (Fsp3) is 0.611. The monoisotopic (exact) mass is 462 g/mol. The van der Waals surface area contributed by atoms with Crippen molar-refractivity contribution in [2.45, 2.75) is 43.7 Å². The second-order valence-corrected chi connectivity index (χ2v) is 7.38. The number of nitrogens with zero attached hydrogens (tertiary/aromatic N) is 2. The van der Waals surface area contributed by atoms with Gasteiger partial charge in [0.2, 0.25) is 0 Å². The lowest BCUT2D eigenvalue weighted by atomic mass is 10.0. The summed E-state index contributed by atoms with van der Waals surface area (Å²) in [6.45, 7) is 7.83. The van der Waals surface area contributed by atoms with Crippen LogP contribution in [0.4, 0.5) is 0 Å². The van der Waals surface area contributed by atoms with Crippen LogP contribution in [0, 0.1) is 0 Å². The van der Waals surface area contributed by atoms with Crippen LogP contribution in [0.15, 0.2) is 40.2 Å². The van der Waals surface area contributed by atoms with Crippen molar-refractivity contribution in [1.29, 1.82) is 0 Å². The molecule has 1 saturated heterocycles. The standard InChI is InChI=1S/C18H30N4S.HI/c1-15(2)22-12-9-16(10-13-22)21-18(19-3)20-11-14-23-17-7-5-4-6-8-17;/h4-8,15-16H,9-14H2,1-3H3,(H2,19,20,21);1H. The molecule has 0 radical (unpaired) electrons. The minimum Gasteiger partial charge on any atom is -0.356 e. The van der Waals surface area contributed by atoms with Crippen LogP contribution >= 0.6 is 35.7 Å². The number of hydrogen-bond acceptors (Lipinski definition) is 3. The summed E-state index contributed by atoms with van der Waals surface area (Å²) in [5, 5.41) is 6.99. The van der Waals surface area contributed by atoms with E-state index in [2.05, 4.69) is 64.7 Å². The summed E-state index contributed by atoms with van der Waals surface area (Å²) in [6, 6.07) is 11.7. The first-order valence-corrected chi connectivity index (χ1v) is 9.56. The van der Waals surface area contributed by atoms with Gasteiger partial charge in [0.05, 0.1) is 0 Å². The molecule has 0 unspecified atom stereocenters. The Morgan fingerprint density at radius 3 is 2.50 bits per heavy atom. The zero-order valence-corrected chi connectivity index (χ0v) is 18.1. The van der Waals surface area contributed by atoms with Crippen molar-refractivity contribution in [2.75, 3.05) is 32.4 Å². The smallest absolute Gasteiger partial charge is 0.191 e. The van der Waals surface area contributed by atoms with Crippen molar-refractivity contribution in [3.05, 3.63) is 30.3 Å². The Hall–Kier alpha value is -0.470. The summed E-state index contributed by atoms with van der Waals surface area (Å²) in [5.74, 6) is 1.97. The van der Waals surface area contributed by atoms with Gasteiger partial charge in [-0.25, -0.2) is 0 Å². The Morgan fingerprint density at radius 1 is 1.25 bits per heavy atom. The van der Waals surface area contributed by atoms with E-state index in [1.54, 1.807) is 0 Å². The maximum absolute atomic E-state index is 4.35. The fourth-order valence-corrected chi connectivity index (χ4v) is 3.59. The topological polar surface area (TPSA) is 39.7 Å². The Labute approximate surface area is 168 Å². The van der Waals surface area contributed by atoms with Gasteiger partial charge < -0.3 is 15.5 Å². The quantitative estimate of drug-likeness (QED) is 0.224. The van der Waals surface area contributed by atoms with E-state index < -0.39 is 0 Å². The van der Waals surface area contributed by atoms with E-state index in [4.69, 9.17) is 0 Å². The predicted molar refractivity (Wildman–Crippen MR) is 117 cm³/mol. The normalized spacial score (nSPS) is 16.8. The number of guanidine groups is 1. The third-order valence-corrected chi connectivity index (χ3v) is 5.24. The lowest BCUT2D eigenvalue weighted by Crippen LogP contribution is -2.50. The predicted octanol–water partition coefficient (Wildman–Crippen LogP) is 3.43. The SMILES string of the molecule is CN=C(NCCSc1ccccc1)NC1CCN(C(C)C)CC1.I. The molecule has 0 saturated carbocycles. The minimum absolute atomic E-state index is 0. The number of rotatable bonds is 6. The van der Waals surface area contributed by atoms with Gasteiger partial charge in [-0.05, 0) is 38.8 Å². The van der Waals surface area contributed by atoms with Gasteiger partial charge in [-0.1, -0.05) is 18.2 Å². The maximum atomic E-state index is 4.35. The van der Waals surface area contributed by atoms with Crippen LogP contribution in [0.1, 0.15) is 26.7 Å². The Balaban J connectivity index is 0.00000288. The van der Waals surface area contributed by atoms with Crippen molar-refractivity contribution in [3.8, 4) is 0 Å². The average Bonchev–Trinajstić information content (AvgIpc) is 2.59. The van der Waals surface area contributed by atoms with E-state index in [0.717, 1.165) is 18.3 Å². The highest BCUT2D eigenvalue weighted by Crippen LogP contribution is 2.16. The van der Waals surface area contributed by atoms with E-state index in [-0.39, 0.29) is 24.0 Å². The molecule has 6 heteroatoms. The summed E-state index contributed by atoms with van der Waals surface area (Å²) >= 11 is 1.87. The van der Waals surface area contributed by atoms with E-state index in [1.807, 2.05) is 18.8 Å². The summed E-state index contributed by atoms with van der Waals surface area (Å²) in [6.07, 6.45) is 2.38. The molecule has 0 spiro atoms. The number of benzene rings is 1. The summed E-state index contributed by atoms with van der Waals surface area (Å²) in [7, 11) is 1.85. The molecule has 0 atom stereocenters. The number of piperidine rings is 1. The summed E-state index contributed by atoms with van der Waals surface area (Å²) < 4.78 is 0. The Morgan fingerprint density at radius 2 is 1.92 bits per heavy atom. The molecular weight excluding hydrogens is 431 g/mol. The van der Waals surface area contributed by atoms with Gasteiger partial charge in [-0.3, -0.25) is 4.99 Å². The number of thioether (sulfide) groups is 1. The van der Waals surface area contributed by atoms with Crippen LogP contribution in [0.2, 0.25) is 0 Å². The maximum Gasteiger partial charge on any atom is 0.191 e. The van der Waals surface area contributed by atoms with Gasteiger partial charge in [0.1, 0.15) is 0 Å². The molecule has 0 aliphatic carbocycles. The first kappa shape index (κ1) is 21.6. The molecular formula is C18H31IN4S. The molecule has 2 rings (SSSR count). The molecule has 2 N–H and O–H groups in total. The van der Waals surface area contributed by atoms with Gasteiger partial charge in [0, 0.05) is 49.4 Å². The average molecular weight is 462 g/mol. The Kier molecular flexibility index (Phi) is 10.8. The summed E-state index contributed by atoms with van der Waals surface area (Å²) in [5.41, 5.74) is 0. The number of likely N-dealkylation sites (tertiary alicyclic amines) is 1. The lowest BCUT2D eigenvalue weighted by molar-refractivity contribution is 0.167. The molecule has 4 nitrogen and oxygen atoms in total. The molecule has 1 aliphatic rings. The van der Waals surface area contributed by atoms with E-state index in [0.29, 0.717) is 12.1 Å². The van der Waals surface area contributed by atoms with Crippen LogP contribution in [0.3, 0.4) is 0 Å². The first-order chi connectivity index (χ1) is 11.2. The highest BCUT2D eigenvalue weighted by molar-refractivity contribution is 14.0. The number of halogens is 1. The first-order valence-electron chi connectivity index (χ1n) is 8.58. The summed E-state index contributed by atoms with van der Waals surface area (Å²) in [4.78, 5) is 8.22. The van der Waals surface area contributed by atoms with Crippen molar-refractivity contribution in [1.82, 2.24) is 15.5 Å². The van der Waals surface area contributed by atoms with Crippen molar-refractivity contribution in [3.63, 3.8) is 0 Å². The molecule has 0 bridgehead atoms. The van der Waals surface area contributed by atoms with E-state index >= 15 is 0 Å². The molecule has 1 aromatic rings. The number of aliphatic imine (C=N–C) groups is 1. The van der Waals surface area contributed by atoms with Gasteiger partial charge >= 0.3 is 0 Å². The zero-order chi connectivity index (χ0) is 16.5. The largest absolute Gasteiger partial charge is 0.356 e. The van der Waals surface area contributed by atoms with Gasteiger partial charge in [-0.2, -0.15) is 0 Å². The third-order valence-electron chi connectivity index (χ3n) is 4.23. The molecule has 0 aromatic heterocycles. The van der Waals surface area contributed by atoms with Crippen molar-refractivity contribution in [2.24, 2.45) is 4.99 Å². The van der Waals surface area contributed by atoms with Gasteiger partial charge in [0.25, 0.3) is 0 Å². The molecule has 0 amide bonds. The molecule has 136 valence electrons. The van der Waals surface area contributed by atoms with Crippen LogP contribution in [0.5, 0.6) is 0 Å². The highest BCUT2D eigenvalue weighted by atomic mass is 127. The lowest BCUT2D eigenvalue weighted by Gasteiger charge is -2.35. The van der Waals surface area contributed by atoms with Gasteiger partial charge in [0.15, 0.2) is 5.96 Å². The van der Waals surface area contributed by atoms with Crippen molar-refractivity contribution >= 4 is 41.7 Å². The van der Waals surface area contributed by atoms with Gasteiger partial charge in [-0.15, -0.1) is 35.7 Å². The van der Waals surface area contributed by atoms with Crippen LogP contribution in [-0.4, -0.2) is 55.4 Å². The minimum atomic E-state index is 0. The second-order valence-electron chi connectivity index (χ2n) is 6.21. The van der Waals surface area contributed by atoms with Crippen LogP contribution < -0.4 is 10.6 Å². The second kappa shape index (κ2) is 12.0. The van der Waals surface area contributed by atoms with Crippen LogP contribution in [-0.2, 0) is 0 Å². The van der Waals surface area contributed by atoms with E-state index in [1.165, 1.54) is 30.8 Å². The third kappa shape index (κ3) is 7.61. The molecule has 1 aromatic carbocycles. The molecule has 1 aliphatic heterocycles. The fourth-order valence-electron chi connectivity index (χ4n) is 2.80. The number of hydrogen-bond donors (Lipinski definition) is 2. The zero-order valence-electron chi connectivity index (χ0n) is 15.0. The molecule has 24 heavy (non-hydrogen) atoms. The molecule has 1 heterocycles. The Bertz CT molecular complexity index is 473. The molecule has 1 fully saturated rings. The van der Waals surface area contributed by atoms with Crippen LogP contribution in [0.25, 0.3) is 0 Å². The van der Waals surface area contributed by atoms with Crippen molar-refractivity contribution < 1.29 is 0 Å². The highest BCUT2D eigenvalue weighted by Gasteiger charge is 2.21. The van der Waals surface area contributed by atoms with E-state index in [9.17, 15) is 0 Å². The number of nitrogens with one attached hydrogen (secondary N) is 2.